The van der Waals surface area contributed by atoms with Gasteiger partial charge in [-0.05, 0) is 13.3 Å². The summed E-state index contributed by atoms with van der Waals surface area (Å²) in [7, 11) is 0. The van der Waals surface area contributed by atoms with Gasteiger partial charge in [-0.1, -0.05) is 27.7 Å². The molecule has 0 atom stereocenters. The molecule has 2 rings (SSSR count). The van der Waals surface area contributed by atoms with Crippen molar-refractivity contribution in [3.8, 4) is 0 Å². The highest BCUT2D eigenvalue weighted by atomic mass is 79.9. The molecule has 1 aliphatic heterocycles. The van der Waals surface area contributed by atoms with Gasteiger partial charge in [-0.25, -0.2) is 4.98 Å². The lowest BCUT2D eigenvalue weighted by Gasteiger charge is -2.07. The van der Waals surface area contributed by atoms with E-state index in [0.29, 0.717) is 0 Å². The first-order valence-electron chi connectivity index (χ1n) is 4.53. The Kier molecular flexibility index (Phi) is 4.86. The van der Waals surface area contributed by atoms with Gasteiger partial charge in [0.05, 0.1) is 0 Å². The lowest BCUT2D eigenvalue weighted by Crippen LogP contribution is -2.25. The number of fused-ring (bicyclic) bond motifs is 1. The first-order chi connectivity index (χ1) is 6.74. The summed E-state index contributed by atoms with van der Waals surface area (Å²) in [5.41, 5.74) is 1.89. The molecule has 84 valence electrons. The van der Waals surface area contributed by atoms with Gasteiger partial charge >= 0.3 is 0 Å². The van der Waals surface area contributed by atoms with E-state index >= 15 is 0 Å². The normalized spacial score (nSPS) is 13.5. The highest BCUT2D eigenvalue weighted by molar-refractivity contribution is 9.09. The number of alkyl halides is 1. The molecule has 0 N–H and O–H groups in total. The summed E-state index contributed by atoms with van der Waals surface area (Å²) in [5.74, 6) is 0.972. The van der Waals surface area contributed by atoms with Crippen LogP contribution in [-0.2, 0) is 13.0 Å². The Bertz CT molecular complexity index is 419. The largest absolute Gasteiger partial charge is 0.287 e. The monoisotopic (exact) mass is 354 g/mol. The maximum atomic E-state index is 12.0. The fourth-order valence-corrected chi connectivity index (χ4v) is 2.98. The van der Waals surface area contributed by atoms with Gasteiger partial charge in [0.25, 0.3) is 5.56 Å². The van der Waals surface area contributed by atoms with Gasteiger partial charge in [0.15, 0.2) is 5.16 Å². The quantitative estimate of drug-likeness (QED) is 0.602. The third-order valence-corrected chi connectivity index (χ3v) is 3.68. The topological polar surface area (TPSA) is 34.9 Å². The van der Waals surface area contributed by atoms with E-state index in [0.717, 1.165) is 40.5 Å². The number of nitrogens with zero attached hydrogens (tertiary/aromatic N) is 2. The molecular formula is C9H12Br2N2OS. The molecule has 15 heavy (non-hydrogen) atoms. The summed E-state index contributed by atoms with van der Waals surface area (Å²) in [6.07, 6.45) is 0.766. The zero-order valence-corrected chi connectivity index (χ0v) is 12.4. The number of aryl methyl sites for hydroxylation is 1. The Hall–Kier alpha value is 0.190. The predicted octanol–water partition coefficient (Wildman–Crippen LogP) is 2.17. The summed E-state index contributed by atoms with van der Waals surface area (Å²) in [5, 5.41) is 1.70. The van der Waals surface area contributed by atoms with Crippen molar-refractivity contribution in [3.63, 3.8) is 0 Å². The van der Waals surface area contributed by atoms with Crippen LogP contribution >= 0.6 is 44.7 Å². The van der Waals surface area contributed by atoms with Crippen LogP contribution in [0.2, 0.25) is 0 Å². The fourth-order valence-electron chi connectivity index (χ4n) is 1.59. The SMILES string of the molecule is Br.Cc1nc2n(c(=O)c1CCBr)CCS2. The number of hydrogen-bond donors (Lipinski definition) is 0. The van der Waals surface area contributed by atoms with Crippen LogP contribution in [0.15, 0.2) is 9.95 Å². The van der Waals surface area contributed by atoms with Crippen LogP contribution < -0.4 is 5.56 Å². The molecule has 1 aromatic heterocycles. The van der Waals surface area contributed by atoms with Crippen molar-refractivity contribution < 1.29 is 0 Å². The third-order valence-electron chi connectivity index (χ3n) is 2.32. The van der Waals surface area contributed by atoms with Gasteiger partial charge in [0.1, 0.15) is 0 Å². The lowest BCUT2D eigenvalue weighted by molar-refractivity contribution is 0.637. The standard InChI is InChI=1S/C9H11BrN2OS.BrH/c1-6-7(2-3-10)8(13)12-4-5-14-9(12)11-6;/h2-5H2,1H3;1H. The molecule has 1 aliphatic rings. The molecule has 2 heterocycles. The highest BCUT2D eigenvalue weighted by Crippen LogP contribution is 2.22. The second kappa shape index (κ2) is 5.50. The molecule has 0 bridgehead atoms. The summed E-state index contributed by atoms with van der Waals surface area (Å²) in [4.78, 5) is 16.4. The molecule has 1 aromatic rings. The van der Waals surface area contributed by atoms with Crippen molar-refractivity contribution in [2.75, 3.05) is 11.1 Å². The van der Waals surface area contributed by atoms with Crippen LogP contribution in [-0.4, -0.2) is 20.6 Å². The van der Waals surface area contributed by atoms with E-state index in [1.807, 2.05) is 6.92 Å². The summed E-state index contributed by atoms with van der Waals surface area (Å²) < 4.78 is 1.79. The average Bonchev–Trinajstić information content (AvgIpc) is 2.60. The van der Waals surface area contributed by atoms with E-state index in [1.165, 1.54) is 0 Å². The van der Waals surface area contributed by atoms with Crippen LogP contribution in [0, 0.1) is 6.92 Å². The maximum Gasteiger partial charge on any atom is 0.257 e. The Labute approximate surface area is 112 Å². The Morgan fingerprint density at radius 1 is 1.60 bits per heavy atom. The first-order valence-corrected chi connectivity index (χ1v) is 6.64. The van der Waals surface area contributed by atoms with Gasteiger partial charge in [0.2, 0.25) is 0 Å². The van der Waals surface area contributed by atoms with E-state index in [2.05, 4.69) is 20.9 Å². The van der Waals surface area contributed by atoms with Crippen molar-refractivity contribution in [3.05, 3.63) is 21.6 Å². The third kappa shape index (κ3) is 2.47. The van der Waals surface area contributed by atoms with Crippen molar-refractivity contribution in [2.45, 2.75) is 25.0 Å². The van der Waals surface area contributed by atoms with Crippen molar-refractivity contribution in [2.24, 2.45) is 0 Å². The van der Waals surface area contributed by atoms with Crippen molar-refractivity contribution >= 4 is 44.7 Å². The molecule has 3 nitrogen and oxygen atoms in total. The van der Waals surface area contributed by atoms with Crippen LogP contribution in [0.25, 0.3) is 0 Å². The van der Waals surface area contributed by atoms with E-state index < -0.39 is 0 Å². The molecule has 0 aliphatic carbocycles. The summed E-state index contributed by atoms with van der Waals surface area (Å²) >= 11 is 5.02. The lowest BCUT2D eigenvalue weighted by atomic mass is 10.2. The molecule has 0 amide bonds. The molecule has 0 saturated heterocycles. The van der Waals surface area contributed by atoms with Crippen LogP contribution in [0.1, 0.15) is 11.3 Å². The number of rotatable bonds is 2. The van der Waals surface area contributed by atoms with Crippen LogP contribution in [0.4, 0.5) is 0 Å². The number of hydrogen-bond acceptors (Lipinski definition) is 3. The van der Waals surface area contributed by atoms with E-state index in [4.69, 9.17) is 0 Å². The summed E-state index contributed by atoms with van der Waals surface area (Å²) in [6, 6.07) is 0. The number of aromatic nitrogens is 2. The van der Waals surface area contributed by atoms with E-state index in [-0.39, 0.29) is 22.5 Å². The van der Waals surface area contributed by atoms with Crippen molar-refractivity contribution in [1.82, 2.24) is 9.55 Å². The van der Waals surface area contributed by atoms with Crippen LogP contribution in [0.3, 0.4) is 0 Å². The highest BCUT2D eigenvalue weighted by Gasteiger charge is 2.17. The predicted molar refractivity (Wildman–Crippen MR) is 71.8 cm³/mol. The van der Waals surface area contributed by atoms with E-state index in [9.17, 15) is 4.79 Å². The number of thioether (sulfide) groups is 1. The van der Waals surface area contributed by atoms with Gasteiger partial charge in [0, 0.05) is 28.9 Å². The minimum absolute atomic E-state index is 0. The minimum atomic E-state index is 0. The molecule has 0 saturated carbocycles. The Morgan fingerprint density at radius 2 is 2.33 bits per heavy atom. The van der Waals surface area contributed by atoms with Gasteiger partial charge in [-0.3, -0.25) is 9.36 Å². The minimum Gasteiger partial charge on any atom is -0.287 e. The number of halogens is 2. The molecule has 0 radical (unpaired) electrons. The second-order valence-electron chi connectivity index (χ2n) is 3.20. The molecule has 0 fully saturated rings. The zero-order valence-electron chi connectivity index (χ0n) is 8.33. The van der Waals surface area contributed by atoms with Gasteiger partial charge in [-0.15, -0.1) is 17.0 Å². The van der Waals surface area contributed by atoms with Gasteiger partial charge < -0.3 is 0 Å². The fraction of sp³-hybridized carbons (Fsp3) is 0.556. The molecule has 0 spiro atoms. The van der Waals surface area contributed by atoms with E-state index in [1.54, 1.807) is 16.3 Å². The Balaban J connectivity index is 0.00000112. The van der Waals surface area contributed by atoms with Crippen LogP contribution in [0.5, 0.6) is 0 Å². The second-order valence-corrected chi connectivity index (χ2v) is 5.06. The summed E-state index contributed by atoms with van der Waals surface area (Å²) in [6.45, 7) is 2.72. The Morgan fingerprint density at radius 3 is 3.00 bits per heavy atom. The van der Waals surface area contributed by atoms with Gasteiger partial charge in [-0.2, -0.15) is 0 Å². The molecule has 6 heteroatoms. The zero-order chi connectivity index (χ0) is 10.1. The first kappa shape index (κ1) is 13.3. The smallest absolute Gasteiger partial charge is 0.257 e. The molecular weight excluding hydrogens is 344 g/mol. The van der Waals surface area contributed by atoms with Crippen molar-refractivity contribution in [1.29, 1.82) is 0 Å². The average molecular weight is 356 g/mol. The maximum absolute atomic E-state index is 12.0. The molecule has 0 aromatic carbocycles. The molecule has 0 unspecified atom stereocenters.